The molecule has 4 rings (SSSR count). The van der Waals surface area contributed by atoms with Gasteiger partial charge >= 0.3 is 0 Å². The van der Waals surface area contributed by atoms with E-state index in [1.807, 2.05) is 66.7 Å². The van der Waals surface area contributed by atoms with Gasteiger partial charge in [-0.25, -0.2) is 0 Å². The molecule has 2 aromatic carbocycles. The Morgan fingerprint density at radius 2 is 1.70 bits per heavy atom. The molecule has 0 spiro atoms. The van der Waals surface area contributed by atoms with E-state index in [0.717, 1.165) is 17.0 Å². The molecule has 0 radical (unpaired) electrons. The lowest BCUT2D eigenvalue weighted by atomic mass is 10.2. The molecule has 0 aliphatic heterocycles. The number of hydrogen-bond acceptors (Lipinski definition) is 5. The molecule has 0 aliphatic rings. The molecule has 0 fully saturated rings. The van der Waals surface area contributed by atoms with E-state index in [1.54, 1.807) is 24.7 Å². The number of anilines is 2. The number of hydrogen-bond donors (Lipinski definition) is 2. The van der Waals surface area contributed by atoms with Gasteiger partial charge in [0.05, 0.1) is 23.1 Å². The number of rotatable bonds is 7. The molecule has 0 saturated heterocycles. The minimum Gasteiger partial charge on any atom is -0.455 e. The van der Waals surface area contributed by atoms with Crippen molar-refractivity contribution in [2.45, 2.75) is 6.54 Å². The van der Waals surface area contributed by atoms with E-state index in [0.29, 0.717) is 23.5 Å². The van der Waals surface area contributed by atoms with Crippen molar-refractivity contribution >= 4 is 17.3 Å². The Morgan fingerprint density at radius 3 is 2.53 bits per heavy atom. The molecule has 0 aliphatic carbocycles. The first kappa shape index (κ1) is 19.1. The monoisotopic (exact) mass is 396 g/mol. The summed E-state index contributed by atoms with van der Waals surface area (Å²) in [6.45, 7) is 0.401. The number of ether oxygens (including phenoxy) is 1. The standard InChI is InChI=1S/C24H20N4O2/c29-24(27-15-18-7-6-12-25-14-18)19-13-20(17-26-16-19)28-22-10-4-5-11-23(22)30-21-8-2-1-3-9-21/h1-14,16-17,28H,15H2,(H,27,29). The zero-order chi connectivity index (χ0) is 20.6. The smallest absolute Gasteiger partial charge is 0.253 e. The Morgan fingerprint density at radius 1 is 0.867 bits per heavy atom. The fourth-order valence-electron chi connectivity index (χ4n) is 2.85. The van der Waals surface area contributed by atoms with Crippen molar-refractivity contribution in [1.82, 2.24) is 15.3 Å². The first-order chi connectivity index (χ1) is 14.8. The van der Waals surface area contributed by atoms with Gasteiger partial charge in [0.2, 0.25) is 0 Å². The number of nitrogens with one attached hydrogen (secondary N) is 2. The van der Waals surface area contributed by atoms with Crippen LogP contribution in [0.5, 0.6) is 11.5 Å². The molecule has 0 bridgehead atoms. The Bertz CT molecular complexity index is 1120. The molecule has 2 N–H and O–H groups in total. The maximum absolute atomic E-state index is 12.5. The highest BCUT2D eigenvalue weighted by Gasteiger charge is 2.09. The molecule has 148 valence electrons. The van der Waals surface area contributed by atoms with Crippen LogP contribution in [-0.4, -0.2) is 15.9 Å². The topological polar surface area (TPSA) is 76.1 Å². The SMILES string of the molecule is O=C(NCc1cccnc1)c1cncc(Nc2ccccc2Oc2ccccc2)c1. The van der Waals surface area contributed by atoms with Gasteiger partial charge in [-0.05, 0) is 42.0 Å². The predicted molar refractivity (Wildman–Crippen MR) is 116 cm³/mol. The molecule has 4 aromatic rings. The maximum Gasteiger partial charge on any atom is 0.253 e. The van der Waals surface area contributed by atoms with Crippen molar-refractivity contribution < 1.29 is 9.53 Å². The molecular weight excluding hydrogens is 376 g/mol. The van der Waals surface area contributed by atoms with Crippen LogP contribution >= 0.6 is 0 Å². The summed E-state index contributed by atoms with van der Waals surface area (Å²) in [5, 5.41) is 6.16. The number of para-hydroxylation sites is 3. The summed E-state index contributed by atoms with van der Waals surface area (Å²) in [4.78, 5) is 20.7. The Kier molecular flexibility index (Phi) is 5.96. The molecule has 0 saturated carbocycles. The highest BCUT2D eigenvalue weighted by atomic mass is 16.5. The van der Waals surface area contributed by atoms with Gasteiger partial charge in [-0.2, -0.15) is 0 Å². The number of amides is 1. The summed E-state index contributed by atoms with van der Waals surface area (Å²) in [5.74, 6) is 1.22. The number of pyridine rings is 2. The zero-order valence-electron chi connectivity index (χ0n) is 16.2. The molecule has 0 unspecified atom stereocenters. The van der Waals surface area contributed by atoms with Gasteiger partial charge in [-0.3, -0.25) is 14.8 Å². The quantitative estimate of drug-likeness (QED) is 0.463. The van der Waals surface area contributed by atoms with E-state index >= 15 is 0 Å². The molecule has 30 heavy (non-hydrogen) atoms. The third kappa shape index (κ3) is 4.99. The maximum atomic E-state index is 12.5. The van der Waals surface area contributed by atoms with Crippen LogP contribution in [-0.2, 0) is 6.54 Å². The average Bonchev–Trinajstić information content (AvgIpc) is 2.80. The van der Waals surface area contributed by atoms with Crippen molar-refractivity contribution in [3.63, 3.8) is 0 Å². The number of carbonyl (C=O) groups excluding carboxylic acids is 1. The van der Waals surface area contributed by atoms with Gasteiger partial charge in [-0.1, -0.05) is 36.4 Å². The summed E-state index contributed by atoms with van der Waals surface area (Å²) in [6, 6.07) is 22.7. The third-order valence-electron chi connectivity index (χ3n) is 4.31. The van der Waals surface area contributed by atoms with Crippen LogP contribution in [0.3, 0.4) is 0 Å². The van der Waals surface area contributed by atoms with Gasteiger partial charge in [0.15, 0.2) is 5.75 Å². The largest absolute Gasteiger partial charge is 0.455 e. The molecule has 6 nitrogen and oxygen atoms in total. The second kappa shape index (κ2) is 9.34. The summed E-state index contributed by atoms with van der Waals surface area (Å²) in [7, 11) is 0. The fraction of sp³-hybridized carbons (Fsp3) is 0.0417. The van der Waals surface area contributed by atoms with Crippen LogP contribution in [0.15, 0.2) is 97.6 Å². The van der Waals surface area contributed by atoms with Crippen LogP contribution in [0, 0.1) is 0 Å². The number of benzene rings is 2. The highest BCUT2D eigenvalue weighted by Crippen LogP contribution is 2.31. The van der Waals surface area contributed by atoms with E-state index in [2.05, 4.69) is 20.6 Å². The minimum absolute atomic E-state index is 0.205. The number of carbonyl (C=O) groups is 1. The normalized spacial score (nSPS) is 10.3. The molecule has 2 aromatic heterocycles. The molecule has 6 heteroatoms. The molecular formula is C24H20N4O2. The summed E-state index contributed by atoms with van der Waals surface area (Å²) < 4.78 is 5.98. The van der Waals surface area contributed by atoms with E-state index in [9.17, 15) is 4.79 Å². The van der Waals surface area contributed by atoms with Crippen molar-refractivity contribution in [1.29, 1.82) is 0 Å². The predicted octanol–water partition coefficient (Wildman–Crippen LogP) is 4.94. The van der Waals surface area contributed by atoms with Crippen LogP contribution in [0.25, 0.3) is 0 Å². The lowest BCUT2D eigenvalue weighted by Crippen LogP contribution is -2.23. The van der Waals surface area contributed by atoms with Crippen LogP contribution < -0.4 is 15.4 Å². The lowest BCUT2D eigenvalue weighted by Gasteiger charge is -2.13. The van der Waals surface area contributed by atoms with E-state index in [4.69, 9.17) is 4.74 Å². The highest BCUT2D eigenvalue weighted by molar-refractivity contribution is 5.94. The third-order valence-corrected chi connectivity index (χ3v) is 4.31. The molecule has 0 atom stereocenters. The summed E-state index contributed by atoms with van der Waals surface area (Å²) >= 11 is 0. The van der Waals surface area contributed by atoms with Crippen molar-refractivity contribution in [2.24, 2.45) is 0 Å². The van der Waals surface area contributed by atoms with Crippen LogP contribution in [0.2, 0.25) is 0 Å². The second-order valence-electron chi connectivity index (χ2n) is 6.54. The van der Waals surface area contributed by atoms with Crippen molar-refractivity contribution in [3.8, 4) is 11.5 Å². The minimum atomic E-state index is -0.205. The first-order valence-electron chi connectivity index (χ1n) is 9.49. The summed E-state index contributed by atoms with van der Waals surface area (Å²) in [6.07, 6.45) is 6.62. The number of aromatic nitrogens is 2. The van der Waals surface area contributed by atoms with Gasteiger partial charge in [0, 0.05) is 25.1 Å². The Labute approximate surface area is 174 Å². The summed E-state index contributed by atoms with van der Waals surface area (Å²) in [5.41, 5.74) is 2.86. The molecule has 1 amide bonds. The van der Waals surface area contributed by atoms with E-state index < -0.39 is 0 Å². The van der Waals surface area contributed by atoms with Crippen molar-refractivity contribution in [3.05, 3.63) is 109 Å². The van der Waals surface area contributed by atoms with Gasteiger partial charge in [0.1, 0.15) is 5.75 Å². The number of nitrogens with zero attached hydrogens (tertiary/aromatic N) is 2. The Hall–Kier alpha value is -4.19. The fourth-order valence-corrected chi connectivity index (χ4v) is 2.85. The van der Waals surface area contributed by atoms with Crippen LogP contribution in [0.1, 0.15) is 15.9 Å². The first-order valence-corrected chi connectivity index (χ1v) is 9.49. The van der Waals surface area contributed by atoms with E-state index in [1.165, 1.54) is 6.20 Å². The molecule has 2 heterocycles. The van der Waals surface area contributed by atoms with E-state index in [-0.39, 0.29) is 5.91 Å². The Balaban J connectivity index is 1.46. The average molecular weight is 396 g/mol. The van der Waals surface area contributed by atoms with Gasteiger partial charge in [0.25, 0.3) is 5.91 Å². The van der Waals surface area contributed by atoms with Crippen LogP contribution in [0.4, 0.5) is 11.4 Å². The lowest BCUT2D eigenvalue weighted by molar-refractivity contribution is 0.0950. The van der Waals surface area contributed by atoms with Crippen molar-refractivity contribution in [2.75, 3.05) is 5.32 Å². The zero-order valence-corrected chi connectivity index (χ0v) is 16.2. The van der Waals surface area contributed by atoms with Gasteiger partial charge < -0.3 is 15.4 Å². The van der Waals surface area contributed by atoms with Gasteiger partial charge in [-0.15, -0.1) is 0 Å². The second-order valence-corrected chi connectivity index (χ2v) is 6.54.